The van der Waals surface area contributed by atoms with Crippen molar-refractivity contribution >= 4 is 16.6 Å². The van der Waals surface area contributed by atoms with E-state index in [0.717, 1.165) is 38.1 Å². The lowest BCUT2D eigenvalue weighted by atomic mass is 10.0. The summed E-state index contributed by atoms with van der Waals surface area (Å²) in [4.78, 5) is 6.41. The number of fused-ring (bicyclic) bond motifs is 1. The van der Waals surface area contributed by atoms with Crippen LogP contribution in [0.1, 0.15) is 12.8 Å². The number of hydrogen-bond acceptors (Lipinski definition) is 7. The first-order chi connectivity index (χ1) is 14.3. The maximum absolute atomic E-state index is 12.4. The molecule has 2 aromatic heterocycles. The standard InChI is InChI=1S/C20H20F3N5O2/c1-28-8-2-3-12(11-28)25-19-16-10-24-7-6-14(16)18(26-27-19)15-5-4-13(9-17(15)29)30-20(21,22)23/h4-7,9-10,12,29H,2-3,8,11H2,1H3,(H,25,27)/t12-/m1/s1. The van der Waals surface area contributed by atoms with E-state index in [2.05, 4.69) is 37.2 Å². The number of likely N-dealkylation sites (tertiary alicyclic amines) is 1. The van der Waals surface area contributed by atoms with Crippen molar-refractivity contribution in [3.63, 3.8) is 0 Å². The summed E-state index contributed by atoms with van der Waals surface area (Å²) >= 11 is 0. The van der Waals surface area contributed by atoms with Gasteiger partial charge in [0.05, 0.1) is 0 Å². The molecule has 1 aromatic carbocycles. The van der Waals surface area contributed by atoms with Crippen LogP contribution in [0.3, 0.4) is 0 Å². The number of anilines is 1. The first kappa shape index (κ1) is 20.1. The highest BCUT2D eigenvalue weighted by Gasteiger charge is 2.31. The Kier molecular flexibility index (Phi) is 5.33. The molecule has 1 fully saturated rings. The van der Waals surface area contributed by atoms with E-state index in [0.29, 0.717) is 22.3 Å². The van der Waals surface area contributed by atoms with Crippen LogP contribution in [0.2, 0.25) is 0 Å². The normalized spacial score (nSPS) is 17.8. The number of pyridine rings is 1. The molecule has 158 valence electrons. The van der Waals surface area contributed by atoms with Gasteiger partial charge in [0, 0.05) is 47.4 Å². The van der Waals surface area contributed by atoms with Crippen molar-refractivity contribution < 1.29 is 23.0 Å². The molecule has 0 aliphatic carbocycles. The monoisotopic (exact) mass is 419 g/mol. The number of piperidine rings is 1. The molecule has 10 heteroatoms. The topological polar surface area (TPSA) is 83.4 Å². The van der Waals surface area contributed by atoms with Crippen molar-refractivity contribution in [2.75, 3.05) is 25.5 Å². The molecule has 7 nitrogen and oxygen atoms in total. The van der Waals surface area contributed by atoms with Crippen LogP contribution in [0, 0.1) is 0 Å². The van der Waals surface area contributed by atoms with E-state index in [9.17, 15) is 18.3 Å². The highest BCUT2D eigenvalue weighted by atomic mass is 19.4. The van der Waals surface area contributed by atoms with E-state index in [1.165, 1.54) is 6.07 Å². The molecule has 0 unspecified atom stereocenters. The molecule has 0 saturated carbocycles. The number of ether oxygens (including phenoxy) is 1. The highest BCUT2D eigenvalue weighted by Crippen LogP contribution is 2.37. The minimum atomic E-state index is -4.84. The van der Waals surface area contributed by atoms with E-state index < -0.39 is 17.9 Å². The third kappa shape index (κ3) is 4.38. The third-order valence-corrected chi connectivity index (χ3v) is 5.00. The molecular weight excluding hydrogens is 399 g/mol. The first-order valence-corrected chi connectivity index (χ1v) is 9.45. The van der Waals surface area contributed by atoms with Crippen molar-refractivity contribution in [1.29, 1.82) is 0 Å². The summed E-state index contributed by atoms with van der Waals surface area (Å²) in [6, 6.07) is 5.31. The lowest BCUT2D eigenvalue weighted by Gasteiger charge is -2.30. The molecule has 0 bridgehead atoms. The van der Waals surface area contributed by atoms with Crippen LogP contribution in [0.25, 0.3) is 22.0 Å². The van der Waals surface area contributed by atoms with Crippen LogP contribution < -0.4 is 10.1 Å². The molecule has 1 aliphatic heterocycles. The van der Waals surface area contributed by atoms with Crippen molar-refractivity contribution in [2.45, 2.75) is 25.2 Å². The quantitative estimate of drug-likeness (QED) is 0.666. The van der Waals surface area contributed by atoms with Gasteiger partial charge in [0.2, 0.25) is 0 Å². The number of phenolic OH excluding ortho intramolecular Hbond substituents is 1. The van der Waals surface area contributed by atoms with E-state index >= 15 is 0 Å². The minimum Gasteiger partial charge on any atom is -0.507 e. The lowest BCUT2D eigenvalue weighted by Crippen LogP contribution is -2.40. The fourth-order valence-electron chi connectivity index (χ4n) is 3.69. The molecule has 3 heterocycles. The summed E-state index contributed by atoms with van der Waals surface area (Å²) in [5.74, 6) is -0.320. The van der Waals surface area contributed by atoms with Gasteiger partial charge in [-0.05, 0) is 44.6 Å². The van der Waals surface area contributed by atoms with Crippen LogP contribution >= 0.6 is 0 Å². The minimum absolute atomic E-state index is 0.222. The molecule has 1 saturated heterocycles. The van der Waals surface area contributed by atoms with Crippen LogP contribution in [0.4, 0.5) is 19.0 Å². The molecule has 1 aliphatic rings. The van der Waals surface area contributed by atoms with Gasteiger partial charge in [0.15, 0.2) is 5.82 Å². The number of aromatic nitrogens is 3. The van der Waals surface area contributed by atoms with Gasteiger partial charge in [-0.15, -0.1) is 23.4 Å². The first-order valence-electron chi connectivity index (χ1n) is 9.45. The molecule has 3 aromatic rings. The average molecular weight is 419 g/mol. The summed E-state index contributed by atoms with van der Waals surface area (Å²) < 4.78 is 41.1. The van der Waals surface area contributed by atoms with Crippen LogP contribution in [0.5, 0.6) is 11.5 Å². The van der Waals surface area contributed by atoms with Gasteiger partial charge in [0.25, 0.3) is 0 Å². The largest absolute Gasteiger partial charge is 0.573 e. The fraction of sp³-hybridized carbons (Fsp3) is 0.350. The van der Waals surface area contributed by atoms with E-state index in [-0.39, 0.29) is 11.6 Å². The maximum Gasteiger partial charge on any atom is 0.573 e. The van der Waals surface area contributed by atoms with Gasteiger partial charge in [-0.25, -0.2) is 0 Å². The molecule has 4 rings (SSSR count). The maximum atomic E-state index is 12.4. The van der Waals surface area contributed by atoms with Gasteiger partial charge in [-0.3, -0.25) is 4.98 Å². The van der Waals surface area contributed by atoms with Crippen molar-refractivity contribution in [2.24, 2.45) is 0 Å². The second-order valence-electron chi connectivity index (χ2n) is 7.29. The number of likely N-dealkylation sites (N-methyl/N-ethyl adjacent to an activating group) is 1. The van der Waals surface area contributed by atoms with Crippen molar-refractivity contribution in [1.82, 2.24) is 20.1 Å². The lowest BCUT2D eigenvalue weighted by molar-refractivity contribution is -0.274. The van der Waals surface area contributed by atoms with Gasteiger partial charge in [0.1, 0.15) is 17.2 Å². The van der Waals surface area contributed by atoms with Crippen LogP contribution in [-0.2, 0) is 0 Å². The number of alkyl halides is 3. The Morgan fingerprint density at radius 3 is 2.77 bits per heavy atom. The predicted molar refractivity (Wildman–Crippen MR) is 105 cm³/mol. The zero-order chi connectivity index (χ0) is 21.3. The number of hydrogen-bond donors (Lipinski definition) is 2. The fourth-order valence-corrected chi connectivity index (χ4v) is 3.69. The van der Waals surface area contributed by atoms with E-state index in [4.69, 9.17) is 0 Å². The van der Waals surface area contributed by atoms with Gasteiger partial charge >= 0.3 is 6.36 Å². The van der Waals surface area contributed by atoms with Crippen molar-refractivity contribution in [3.05, 3.63) is 36.7 Å². The summed E-state index contributed by atoms with van der Waals surface area (Å²) in [6.45, 7) is 1.94. The Hall–Kier alpha value is -3.14. The smallest absolute Gasteiger partial charge is 0.507 e. The van der Waals surface area contributed by atoms with E-state index in [1.807, 2.05) is 0 Å². The number of aromatic hydroxyl groups is 1. The summed E-state index contributed by atoms with van der Waals surface area (Å²) in [7, 11) is 2.07. The molecule has 0 radical (unpaired) electrons. The number of halogens is 3. The second-order valence-corrected chi connectivity index (χ2v) is 7.29. The number of phenols is 1. The number of rotatable bonds is 4. The van der Waals surface area contributed by atoms with Gasteiger partial charge in [-0.2, -0.15) is 0 Å². The number of nitrogens with one attached hydrogen (secondary N) is 1. The molecule has 2 N–H and O–H groups in total. The summed E-state index contributed by atoms with van der Waals surface area (Å²) in [6.07, 6.45) is 0.490. The molecule has 30 heavy (non-hydrogen) atoms. The number of nitrogens with zero attached hydrogens (tertiary/aromatic N) is 4. The Morgan fingerprint density at radius 2 is 2.03 bits per heavy atom. The average Bonchev–Trinajstić information content (AvgIpc) is 2.68. The van der Waals surface area contributed by atoms with Gasteiger partial charge < -0.3 is 20.1 Å². The Bertz CT molecular complexity index is 1060. The Balaban J connectivity index is 1.69. The molecule has 0 spiro atoms. The van der Waals surface area contributed by atoms with E-state index in [1.54, 1.807) is 18.5 Å². The summed E-state index contributed by atoms with van der Waals surface area (Å²) in [5, 5.41) is 23.6. The zero-order valence-corrected chi connectivity index (χ0v) is 16.1. The summed E-state index contributed by atoms with van der Waals surface area (Å²) in [5.41, 5.74) is 0.590. The van der Waals surface area contributed by atoms with Crippen molar-refractivity contribution in [3.8, 4) is 22.8 Å². The predicted octanol–water partition coefficient (Wildman–Crippen LogP) is 3.80. The zero-order valence-electron chi connectivity index (χ0n) is 16.1. The second kappa shape index (κ2) is 7.94. The van der Waals surface area contributed by atoms with Gasteiger partial charge in [-0.1, -0.05) is 0 Å². The molecule has 0 amide bonds. The molecular formula is C20H20F3N5O2. The van der Waals surface area contributed by atoms with Crippen LogP contribution in [-0.4, -0.2) is 57.7 Å². The Morgan fingerprint density at radius 1 is 1.20 bits per heavy atom. The SMILES string of the molecule is CN1CCC[C@@H](Nc2nnc(-c3ccc(OC(F)(F)F)cc3O)c3ccncc23)C1. The van der Waals surface area contributed by atoms with Crippen LogP contribution in [0.15, 0.2) is 36.7 Å². The number of benzene rings is 1. The third-order valence-electron chi connectivity index (χ3n) is 5.00. The highest BCUT2D eigenvalue weighted by molar-refractivity contribution is 6.00. The molecule has 1 atom stereocenters. The Labute approximate surface area is 170 Å².